The SMILES string of the molecule is COCC(C)Oc1cccc2c3n(nc12)CC(C(C)(C)C)n1cc(C(C)=O)c(=O)cc1-3. The van der Waals surface area contributed by atoms with E-state index in [1.165, 1.54) is 6.92 Å². The molecule has 0 radical (unpaired) electrons. The molecule has 0 aliphatic carbocycles. The topological polar surface area (TPSA) is 75.3 Å². The monoisotopic (exact) mass is 423 g/mol. The van der Waals surface area contributed by atoms with Gasteiger partial charge in [-0.05, 0) is 25.3 Å². The van der Waals surface area contributed by atoms with Crippen molar-refractivity contribution >= 4 is 16.7 Å². The third-order valence-corrected chi connectivity index (χ3v) is 5.85. The summed E-state index contributed by atoms with van der Waals surface area (Å²) in [7, 11) is 1.65. The highest BCUT2D eigenvalue weighted by atomic mass is 16.5. The number of rotatable bonds is 5. The number of fused-ring (bicyclic) bond motifs is 5. The first kappa shape index (κ1) is 21.3. The van der Waals surface area contributed by atoms with E-state index in [4.69, 9.17) is 14.6 Å². The number of carbonyl (C=O) groups excluding carboxylic acids is 1. The number of ether oxygens (including phenoxy) is 2. The van der Waals surface area contributed by atoms with E-state index < -0.39 is 0 Å². The molecule has 2 atom stereocenters. The van der Waals surface area contributed by atoms with E-state index in [0.29, 0.717) is 18.9 Å². The zero-order valence-electron chi connectivity index (χ0n) is 18.9. The second-order valence-corrected chi connectivity index (χ2v) is 9.35. The number of benzene rings is 1. The van der Waals surface area contributed by atoms with Crippen LogP contribution in [-0.4, -0.2) is 40.0 Å². The van der Waals surface area contributed by atoms with Crippen molar-refractivity contribution in [3.05, 3.63) is 46.2 Å². The number of ketones is 1. The van der Waals surface area contributed by atoms with Gasteiger partial charge in [-0.2, -0.15) is 5.10 Å². The zero-order valence-corrected chi connectivity index (χ0v) is 18.9. The van der Waals surface area contributed by atoms with Gasteiger partial charge in [-0.25, -0.2) is 0 Å². The minimum absolute atomic E-state index is 0.0276. The summed E-state index contributed by atoms with van der Waals surface area (Å²) in [5, 5.41) is 5.80. The molecule has 1 aliphatic rings. The maximum absolute atomic E-state index is 12.7. The van der Waals surface area contributed by atoms with Crippen LogP contribution >= 0.6 is 0 Å². The Bertz CT molecular complexity index is 1220. The highest BCUT2D eigenvalue weighted by Crippen LogP contribution is 2.43. The molecule has 7 nitrogen and oxygen atoms in total. The Balaban J connectivity index is 1.96. The first-order chi connectivity index (χ1) is 14.6. The van der Waals surface area contributed by atoms with Gasteiger partial charge in [0.05, 0.1) is 36.1 Å². The molecule has 0 fully saturated rings. The van der Waals surface area contributed by atoms with Gasteiger partial charge in [0.15, 0.2) is 11.2 Å². The Hall–Kier alpha value is -2.93. The van der Waals surface area contributed by atoms with Gasteiger partial charge >= 0.3 is 0 Å². The molecular weight excluding hydrogens is 394 g/mol. The Morgan fingerprint density at radius 1 is 1.32 bits per heavy atom. The molecule has 0 saturated carbocycles. The van der Waals surface area contributed by atoms with E-state index in [1.807, 2.05) is 29.8 Å². The minimum Gasteiger partial charge on any atom is -0.486 e. The molecule has 2 aromatic heterocycles. The quantitative estimate of drug-likeness (QED) is 0.578. The number of carbonyl (C=O) groups is 1. The first-order valence-electron chi connectivity index (χ1n) is 10.5. The van der Waals surface area contributed by atoms with Crippen LogP contribution in [0, 0.1) is 5.41 Å². The standard InChI is InChI=1S/C24H29N3O4/c1-14(13-30-6)31-20-9-7-8-16-22(20)25-27-12-21(24(3,4)5)26-11-17(15(2)28)19(29)10-18(26)23(16)27/h7-11,14,21H,12-13H2,1-6H3. The molecular formula is C24H29N3O4. The smallest absolute Gasteiger partial charge is 0.193 e. The molecule has 4 rings (SSSR count). The molecule has 3 aromatic rings. The number of hydrogen-bond donors (Lipinski definition) is 0. The van der Waals surface area contributed by atoms with Crippen LogP contribution in [0.25, 0.3) is 22.3 Å². The summed E-state index contributed by atoms with van der Waals surface area (Å²) in [5.41, 5.74) is 2.23. The van der Waals surface area contributed by atoms with Crippen molar-refractivity contribution in [2.75, 3.05) is 13.7 Å². The largest absolute Gasteiger partial charge is 0.486 e. The van der Waals surface area contributed by atoms with Crippen molar-refractivity contribution in [1.82, 2.24) is 14.3 Å². The van der Waals surface area contributed by atoms with E-state index in [0.717, 1.165) is 22.3 Å². The summed E-state index contributed by atoms with van der Waals surface area (Å²) in [6.07, 6.45) is 1.60. The molecule has 0 N–H and O–H groups in total. The lowest BCUT2D eigenvalue weighted by Crippen LogP contribution is -2.35. The van der Waals surface area contributed by atoms with Crippen LogP contribution in [-0.2, 0) is 11.3 Å². The molecule has 0 bridgehead atoms. The van der Waals surface area contributed by atoms with E-state index in [9.17, 15) is 9.59 Å². The highest BCUT2D eigenvalue weighted by Gasteiger charge is 2.35. The van der Waals surface area contributed by atoms with Crippen molar-refractivity contribution in [3.63, 3.8) is 0 Å². The lowest BCUT2D eigenvalue weighted by atomic mass is 9.84. The Morgan fingerprint density at radius 3 is 2.71 bits per heavy atom. The molecule has 1 aromatic carbocycles. The number of aromatic nitrogens is 3. The van der Waals surface area contributed by atoms with Crippen molar-refractivity contribution in [2.45, 2.75) is 53.3 Å². The third kappa shape index (κ3) is 3.67. The summed E-state index contributed by atoms with van der Waals surface area (Å²) >= 11 is 0. The number of pyridine rings is 1. The average molecular weight is 424 g/mol. The molecule has 164 valence electrons. The Labute approximate surface area is 181 Å². The van der Waals surface area contributed by atoms with Crippen molar-refractivity contribution < 1.29 is 14.3 Å². The van der Waals surface area contributed by atoms with Crippen LogP contribution in [0.1, 0.15) is 51.0 Å². The number of Topliss-reactive ketones (excluding diaryl/α,β-unsaturated/α-hetero) is 1. The molecule has 31 heavy (non-hydrogen) atoms. The van der Waals surface area contributed by atoms with E-state index in [2.05, 4.69) is 25.3 Å². The van der Waals surface area contributed by atoms with Gasteiger partial charge in [-0.1, -0.05) is 32.9 Å². The average Bonchev–Trinajstić information content (AvgIpc) is 3.06. The summed E-state index contributed by atoms with van der Waals surface area (Å²) < 4.78 is 15.3. The van der Waals surface area contributed by atoms with Crippen molar-refractivity contribution in [2.24, 2.45) is 5.41 Å². The van der Waals surface area contributed by atoms with Crippen LogP contribution in [0.4, 0.5) is 0 Å². The molecule has 2 unspecified atom stereocenters. The van der Waals surface area contributed by atoms with Crippen LogP contribution < -0.4 is 10.2 Å². The van der Waals surface area contributed by atoms with Gasteiger partial charge in [0, 0.05) is 24.8 Å². The van der Waals surface area contributed by atoms with Crippen LogP contribution in [0.3, 0.4) is 0 Å². The summed E-state index contributed by atoms with van der Waals surface area (Å²) in [6.45, 7) is 11.0. The third-order valence-electron chi connectivity index (χ3n) is 5.85. The van der Waals surface area contributed by atoms with Gasteiger partial charge < -0.3 is 14.0 Å². The van der Waals surface area contributed by atoms with Crippen molar-refractivity contribution in [1.29, 1.82) is 0 Å². The van der Waals surface area contributed by atoms with Crippen LogP contribution in [0.15, 0.2) is 35.3 Å². The predicted molar refractivity (Wildman–Crippen MR) is 120 cm³/mol. The maximum Gasteiger partial charge on any atom is 0.193 e. The lowest BCUT2D eigenvalue weighted by Gasteiger charge is -2.38. The van der Waals surface area contributed by atoms with Gasteiger partial charge in [-0.3, -0.25) is 14.3 Å². The van der Waals surface area contributed by atoms with E-state index in [-0.39, 0.29) is 34.3 Å². The second-order valence-electron chi connectivity index (χ2n) is 9.35. The second kappa shape index (κ2) is 7.64. The zero-order chi connectivity index (χ0) is 22.5. The fourth-order valence-electron chi connectivity index (χ4n) is 4.31. The normalized spacial score (nSPS) is 16.6. The predicted octanol–water partition coefficient (Wildman–Crippen LogP) is 4.08. The first-order valence-corrected chi connectivity index (χ1v) is 10.5. The van der Waals surface area contributed by atoms with Gasteiger partial charge in [0.2, 0.25) is 0 Å². The molecule has 3 heterocycles. The molecule has 0 spiro atoms. The fourth-order valence-corrected chi connectivity index (χ4v) is 4.31. The molecule has 1 aliphatic heterocycles. The van der Waals surface area contributed by atoms with Crippen LogP contribution in [0.2, 0.25) is 0 Å². The number of hydrogen-bond acceptors (Lipinski definition) is 5. The molecule has 0 amide bonds. The number of methoxy groups -OCH3 is 1. The van der Waals surface area contributed by atoms with E-state index in [1.54, 1.807) is 19.4 Å². The summed E-state index contributed by atoms with van der Waals surface area (Å²) in [6, 6.07) is 7.43. The Kier molecular flexibility index (Phi) is 5.25. The van der Waals surface area contributed by atoms with E-state index >= 15 is 0 Å². The summed E-state index contributed by atoms with van der Waals surface area (Å²) in [4.78, 5) is 24.8. The molecule has 0 saturated heterocycles. The Morgan fingerprint density at radius 2 is 2.06 bits per heavy atom. The fraction of sp³-hybridized carbons (Fsp3) is 0.458. The summed E-state index contributed by atoms with van der Waals surface area (Å²) in [5.74, 6) is 0.463. The molecule has 7 heteroatoms. The van der Waals surface area contributed by atoms with Crippen LogP contribution in [0.5, 0.6) is 5.75 Å². The maximum atomic E-state index is 12.7. The minimum atomic E-state index is -0.268. The van der Waals surface area contributed by atoms with Crippen molar-refractivity contribution in [3.8, 4) is 17.1 Å². The van der Waals surface area contributed by atoms with Gasteiger partial charge in [0.25, 0.3) is 0 Å². The van der Waals surface area contributed by atoms with Gasteiger partial charge in [-0.15, -0.1) is 0 Å². The highest BCUT2D eigenvalue weighted by molar-refractivity contribution is 5.97. The number of nitrogens with zero attached hydrogens (tertiary/aromatic N) is 3. The lowest BCUT2D eigenvalue weighted by molar-refractivity contribution is 0.0929. The van der Waals surface area contributed by atoms with Gasteiger partial charge in [0.1, 0.15) is 17.4 Å².